The van der Waals surface area contributed by atoms with Gasteiger partial charge in [-0.05, 0) is 38.0 Å². The number of amides is 1. The van der Waals surface area contributed by atoms with Crippen molar-refractivity contribution in [3.63, 3.8) is 0 Å². The van der Waals surface area contributed by atoms with E-state index in [4.69, 9.17) is 5.11 Å². The van der Waals surface area contributed by atoms with E-state index in [2.05, 4.69) is 6.92 Å². The number of hydrogen-bond acceptors (Lipinski definition) is 3. The summed E-state index contributed by atoms with van der Waals surface area (Å²) >= 11 is 0. The minimum absolute atomic E-state index is 0.0282. The van der Waals surface area contributed by atoms with E-state index >= 15 is 0 Å². The number of nitrogens with zero attached hydrogens (tertiary/aromatic N) is 1. The minimum atomic E-state index is -0.902. The van der Waals surface area contributed by atoms with E-state index in [0.717, 1.165) is 6.42 Å². The molecule has 0 saturated heterocycles. The van der Waals surface area contributed by atoms with Crippen molar-refractivity contribution in [1.82, 2.24) is 4.90 Å². The zero-order valence-electron chi connectivity index (χ0n) is 11.8. The van der Waals surface area contributed by atoms with Gasteiger partial charge in [-0.3, -0.25) is 4.79 Å². The Kier molecular flexibility index (Phi) is 5.99. The van der Waals surface area contributed by atoms with E-state index in [-0.39, 0.29) is 25.1 Å². The molecule has 0 aliphatic heterocycles. The predicted molar refractivity (Wildman–Crippen MR) is 75.1 cm³/mol. The van der Waals surface area contributed by atoms with Crippen LogP contribution in [0.3, 0.4) is 0 Å². The van der Waals surface area contributed by atoms with Crippen LogP contribution in [0.4, 0.5) is 0 Å². The molecule has 1 atom stereocenters. The molecule has 0 spiro atoms. The lowest BCUT2D eigenvalue weighted by atomic mass is 10.1. The maximum Gasteiger partial charge on any atom is 0.254 e. The summed E-state index contributed by atoms with van der Waals surface area (Å²) in [6.45, 7) is 5.65. The summed E-state index contributed by atoms with van der Waals surface area (Å²) in [6, 6.07) is 7.46. The molecule has 0 radical (unpaired) electrons. The molecule has 4 nitrogen and oxygen atoms in total. The highest BCUT2D eigenvalue weighted by molar-refractivity contribution is 5.94. The number of carbonyl (C=O) groups excluding carboxylic acids is 1. The Morgan fingerprint density at radius 2 is 1.84 bits per heavy atom. The Morgan fingerprint density at radius 1 is 1.26 bits per heavy atom. The summed E-state index contributed by atoms with van der Waals surface area (Å²) in [4.78, 5) is 13.9. The van der Waals surface area contributed by atoms with Gasteiger partial charge < -0.3 is 15.1 Å². The molecule has 106 valence electrons. The second-order valence-electron chi connectivity index (χ2n) is 4.94. The van der Waals surface area contributed by atoms with Gasteiger partial charge in [-0.25, -0.2) is 0 Å². The molecule has 0 aliphatic rings. The molecule has 0 fully saturated rings. The normalized spacial score (nSPS) is 12.5. The summed E-state index contributed by atoms with van der Waals surface area (Å²) < 4.78 is 0. The van der Waals surface area contributed by atoms with Crippen LogP contribution in [-0.4, -0.2) is 46.3 Å². The highest BCUT2D eigenvalue weighted by atomic mass is 16.3. The lowest BCUT2D eigenvalue weighted by molar-refractivity contribution is 0.0386. The van der Waals surface area contributed by atoms with Crippen LogP contribution in [0.25, 0.3) is 0 Å². The third kappa shape index (κ3) is 4.33. The molecule has 0 aliphatic carbocycles. The van der Waals surface area contributed by atoms with Crippen molar-refractivity contribution in [3.8, 4) is 0 Å². The summed E-state index contributed by atoms with van der Waals surface area (Å²) in [7, 11) is 0. The lowest BCUT2D eigenvalue weighted by Gasteiger charge is -2.28. The molecule has 0 saturated carbocycles. The van der Waals surface area contributed by atoms with Gasteiger partial charge in [-0.15, -0.1) is 0 Å². The summed E-state index contributed by atoms with van der Waals surface area (Å²) in [5.74, 6) is -0.120. The van der Waals surface area contributed by atoms with Gasteiger partial charge in [0.25, 0.3) is 5.91 Å². The smallest absolute Gasteiger partial charge is 0.254 e. The SMILES string of the molecule is CCc1ccc(C(=O)N(CC(O)CO)C(C)C)cc1. The van der Waals surface area contributed by atoms with Gasteiger partial charge in [-0.1, -0.05) is 19.1 Å². The molecule has 1 unspecified atom stereocenters. The van der Waals surface area contributed by atoms with Gasteiger partial charge in [-0.2, -0.15) is 0 Å². The number of benzene rings is 1. The van der Waals surface area contributed by atoms with Crippen molar-refractivity contribution in [2.75, 3.05) is 13.2 Å². The number of aryl methyl sites for hydroxylation is 1. The molecular formula is C15H23NO3. The fourth-order valence-electron chi connectivity index (χ4n) is 1.86. The van der Waals surface area contributed by atoms with E-state index in [1.807, 2.05) is 38.1 Å². The summed E-state index contributed by atoms with van der Waals surface area (Å²) in [5.41, 5.74) is 1.79. The van der Waals surface area contributed by atoms with Crippen LogP contribution < -0.4 is 0 Å². The number of aliphatic hydroxyl groups excluding tert-OH is 2. The Balaban J connectivity index is 2.86. The van der Waals surface area contributed by atoms with Gasteiger partial charge in [0.2, 0.25) is 0 Å². The first-order valence-corrected chi connectivity index (χ1v) is 6.68. The molecule has 0 bridgehead atoms. The molecule has 2 N–H and O–H groups in total. The summed E-state index contributed by atoms with van der Waals surface area (Å²) in [6.07, 6.45) is 0.0345. The third-order valence-electron chi connectivity index (χ3n) is 3.11. The fourth-order valence-corrected chi connectivity index (χ4v) is 1.86. The second-order valence-corrected chi connectivity index (χ2v) is 4.94. The van der Waals surface area contributed by atoms with E-state index in [1.54, 1.807) is 4.90 Å². The van der Waals surface area contributed by atoms with Gasteiger partial charge in [0.15, 0.2) is 0 Å². The van der Waals surface area contributed by atoms with Crippen LogP contribution in [-0.2, 0) is 6.42 Å². The van der Waals surface area contributed by atoms with Crippen molar-refractivity contribution in [1.29, 1.82) is 0 Å². The van der Waals surface area contributed by atoms with Crippen molar-refractivity contribution in [2.45, 2.75) is 39.3 Å². The number of rotatable bonds is 6. The van der Waals surface area contributed by atoms with Gasteiger partial charge in [0.05, 0.1) is 12.7 Å². The van der Waals surface area contributed by atoms with Crippen LogP contribution in [0.15, 0.2) is 24.3 Å². The first kappa shape index (κ1) is 15.7. The van der Waals surface area contributed by atoms with Crippen molar-refractivity contribution in [2.24, 2.45) is 0 Å². The third-order valence-corrected chi connectivity index (χ3v) is 3.11. The molecule has 1 amide bonds. The van der Waals surface area contributed by atoms with Crippen molar-refractivity contribution in [3.05, 3.63) is 35.4 Å². The van der Waals surface area contributed by atoms with Crippen molar-refractivity contribution >= 4 is 5.91 Å². The molecule has 19 heavy (non-hydrogen) atoms. The zero-order chi connectivity index (χ0) is 14.4. The Bertz CT molecular complexity index is 400. The summed E-state index contributed by atoms with van der Waals surface area (Å²) in [5, 5.41) is 18.4. The maximum absolute atomic E-state index is 12.4. The zero-order valence-corrected chi connectivity index (χ0v) is 11.8. The Hall–Kier alpha value is -1.39. The van der Waals surface area contributed by atoms with Crippen LogP contribution in [0.1, 0.15) is 36.7 Å². The number of hydrogen-bond donors (Lipinski definition) is 2. The first-order valence-electron chi connectivity index (χ1n) is 6.68. The Morgan fingerprint density at radius 3 is 2.26 bits per heavy atom. The van der Waals surface area contributed by atoms with Gasteiger partial charge >= 0.3 is 0 Å². The molecule has 0 heterocycles. The molecule has 1 aromatic carbocycles. The molecule has 4 heteroatoms. The van der Waals surface area contributed by atoms with Crippen molar-refractivity contribution < 1.29 is 15.0 Å². The predicted octanol–water partition coefficient (Wildman–Crippen LogP) is 1.45. The monoisotopic (exact) mass is 265 g/mol. The van der Waals surface area contributed by atoms with E-state index in [9.17, 15) is 9.90 Å². The van der Waals surface area contributed by atoms with Crippen LogP contribution in [0.5, 0.6) is 0 Å². The lowest BCUT2D eigenvalue weighted by Crippen LogP contribution is -2.43. The molecule has 1 rings (SSSR count). The average Bonchev–Trinajstić information content (AvgIpc) is 2.43. The van der Waals surface area contributed by atoms with Crippen LogP contribution in [0, 0.1) is 0 Å². The molecule has 0 aromatic heterocycles. The van der Waals surface area contributed by atoms with E-state index < -0.39 is 6.10 Å². The maximum atomic E-state index is 12.4. The number of carbonyl (C=O) groups is 1. The standard InChI is InChI=1S/C15H23NO3/c1-4-12-5-7-13(8-6-12)15(19)16(11(2)3)9-14(18)10-17/h5-8,11,14,17-18H,4,9-10H2,1-3H3. The number of aliphatic hydroxyl groups is 2. The molecule has 1 aromatic rings. The highest BCUT2D eigenvalue weighted by Crippen LogP contribution is 2.11. The Labute approximate surface area is 114 Å². The highest BCUT2D eigenvalue weighted by Gasteiger charge is 2.21. The minimum Gasteiger partial charge on any atom is -0.394 e. The van der Waals surface area contributed by atoms with Crippen LogP contribution in [0.2, 0.25) is 0 Å². The van der Waals surface area contributed by atoms with E-state index in [1.165, 1.54) is 5.56 Å². The first-order chi connectivity index (χ1) is 8.99. The second kappa shape index (κ2) is 7.26. The van der Waals surface area contributed by atoms with E-state index in [0.29, 0.717) is 5.56 Å². The largest absolute Gasteiger partial charge is 0.394 e. The van der Waals surface area contributed by atoms with Gasteiger partial charge in [0.1, 0.15) is 0 Å². The fraction of sp³-hybridized carbons (Fsp3) is 0.533. The van der Waals surface area contributed by atoms with Crippen LogP contribution >= 0.6 is 0 Å². The molecular weight excluding hydrogens is 242 g/mol. The average molecular weight is 265 g/mol. The van der Waals surface area contributed by atoms with Gasteiger partial charge in [0, 0.05) is 18.2 Å². The topological polar surface area (TPSA) is 60.8 Å². The quantitative estimate of drug-likeness (QED) is 0.818.